The van der Waals surface area contributed by atoms with Crippen molar-refractivity contribution in [1.29, 1.82) is 0 Å². The number of piperidine rings is 1. The van der Waals surface area contributed by atoms with Crippen molar-refractivity contribution in [3.63, 3.8) is 0 Å². The van der Waals surface area contributed by atoms with E-state index in [0.717, 1.165) is 48.6 Å². The van der Waals surface area contributed by atoms with Crippen molar-refractivity contribution in [2.75, 3.05) is 20.2 Å². The third kappa shape index (κ3) is 3.86. The highest BCUT2D eigenvalue weighted by Crippen LogP contribution is 2.29. The van der Waals surface area contributed by atoms with Crippen LogP contribution in [-0.2, 0) is 0 Å². The number of pyridine rings is 1. The third-order valence-corrected chi connectivity index (χ3v) is 5.15. The number of methoxy groups -OCH3 is 1. The van der Waals surface area contributed by atoms with Crippen molar-refractivity contribution >= 4 is 5.91 Å². The van der Waals surface area contributed by atoms with Crippen LogP contribution >= 0.6 is 0 Å². The Morgan fingerprint density at radius 2 is 1.86 bits per heavy atom. The second-order valence-corrected chi connectivity index (χ2v) is 6.86. The van der Waals surface area contributed by atoms with Gasteiger partial charge in [-0.15, -0.1) is 0 Å². The van der Waals surface area contributed by atoms with E-state index in [9.17, 15) is 4.79 Å². The van der Waals surface area contributed by atoms with E-state index in [1.807, 2.05) is 35.4 Å². The fourth-order valence-electron chi connectivity index (χ4n) is 3.55. The zero-order valence-electron chi connectivity index (χ0n) is 15.8. The quantitative estimate of drug-likeness (QED) is 0.698. The van der Waals surface area contributed by atoms with Crippen molar-refractivity contribution in [3.8, 4) is 17.0 Å². The molecule has 28 heavy (non-hydrogen) atoms. The Morgan fingerprint density at radius 3 is 2.61 bits per heavy atom. The Balaban J connectivity index is 1.46. The van der Waals surface area contributed by atoms with E-state index in [1.165, 1.54) is 0 Å². The molecular formula is C22H22N4O2. The number of hydrogen-bond acceptors (Lipinski definition) is 5. The van der Waals surface area contributed by atoms with Gasteiger partial charge in [0.25, 0.3) is 5.91 Å². The summed E-state index contributed by atoms with van der Waals surface area (Å²) in [6.07, 6.45) is 8.69. The summed E-state index contributed by atoms with van der Waals surface area (Å²) in [6.45, 7) is 1.44. The SMILES string of the molecule is COc1cccc(-c2cncc(C3CCN(C(=O)c4ccncc4)CC3)n2)c1. The lowest BCUT2D eigenvalue weighted by Crippen LogP contribution is -2.38. The molecule has 6 heteroatoms. The van der Waals surface area contributed by atoms with E-state index in [2.05, 4.69) is 9.97 Å². The summed E-state index contributed by atoms with van der Waals surface area (Å²) in [5, 5.41) is 0. The molecule has 142 valence electrons. The molecule has 1 aliphatic heterocycles. The average Bonchev–Trinajstić information content (AvgIpc) is 2.79. The van der Waals surface area contributed by atoms with Gasteiger partial charge in [0, 0.05) is 48.7 Å². The van der Waals surface area contributed by atoms with Gasteiger partial charge >= 0.3 is 0 Å². The van der Waals surface area contributed by atoms with Crippen LogP contribution in [0.1, 0.15) is 34.8 Å². The van der Waals surface area contributed by atoms with Crippen molar-refractivity contribution in [2.24, 2.45) is 0 Å². The van der Waals surface area contributed by atoms with Gasteiger partial charge in [0.2, 0.25) is 0 Å². The molecule has 1 aliphatic rings. The number of carbonyl (C=O) groups excluding carboxylic acids is 1. The van der Waals surface area contributed by atoms with Gasteiger partial charge in [0.05, 0.1) is 24.7 Å². The van der Waals surface area contributed by atoms with Gasteiger partial charge in [-0.2, -0.15) is 0 Å². The molecule has 0 unspecified atom stereocenters. The van der Waals surface area contributed by atoms with Gasteiger partial charge in [-0.25, -0.2) is 4.98 Å². The van der Waals surface area contributed by atoms with Crippen LogP contribution in [0.4, 0.5) is 0 Å². The minimum Gasteiger partial charge on any atom is -0.497 e. The highest BCUT2D eigenvalue weighted by atomic mass is 16.5. The zero-order valence-corrected chi connectivity index (χ0v) is 15.8. The van der Waals surface area contributed by atoms with Crippen molar-refractivity contribution in [2.45, 2.75) is 18.8 Å². The molecule has 1 saturated heterocycles. The van der Waals surface area contributed by atoms with Crippen LogP contribution < -0.4 is 4.74 Å². The van der Waals surface area contributed by atoms with E-state index in [-0.39, 0.29) is 5.91 Å². The Labute approximate surface area is 164 Å². The van der Waals surface area contributed by atoms with Gasteiger partial charge in [0.15, 0.2) is 0 Å². The zero-order chi connectivity index (χ0) is 19.3. The summed E-state index contributed by atoms with van der Waals surface area (Å²) < 4.78 is 5.30. The predicted molar refractivity (Wildman–Crippen MR) is 106 cm³/mol. The monoisotopic (exact) mass is 374 g/mol. The molecular weight excluding hydrogens is 352 g/mol. The predicted octanol–water partition coefficient (Wildman–Crippen LogP) is 3.57. The third-order valence-electron chi connectivity index (χ3n) is 5.15. The lowest BCUT2D eigenvalue weighted by atomic mass is 9.93. The van der Waals surface area contributed by atoms with Gasteiger partial charge < -0.3 is 9.64 Å². The molecule has 1 amide bonds. The van der Waals surface area contributed by atoms with Crippen LogP contribution in [0.25, 0.3) is 11.3 Å². The maximum Gasteiger partial charge on any atom is 0.253 e. The van der Waals surface area contributed by atoms with Crippen LogP contribution in [0.3, 0.4) is 0 Å². The summed E-state index contributed by atoms with van der Waals surface area (Å²) in [6, 6.07) is 11.4. The highest BCUT2D eigenvalue weighted by Gasteiger charge is 2.25. The lowest BCUT2D eigenvalue weighted by Gasteiger charge is -2.31. The van der Waals surface area contributed by atoms with Crippen molar-refractivity contribution in [3.05, 3.63) is 72.4 Å². The summed E-state index contributed by atoms with van der Waals surface area (Å²) in [5.41, 5.74) is 3.50. The molecule has 4 rings (SSSR count). The fraction of sp³-hybridized carbons (Fsp3) is 0.273. The Kier molecular flexibility index (Phi) is 5.28. The van der Waals surface area contributed by atoms with E-state index in [1.54, 1.807) is 37.8 Å². The number of rotatable bonds is 4. The normalized spacial score (nSPS) is 14.7. The molecule has 0 radical (unpaired) electrons. The Bertz CT molecular complexity index is 954. The number of amides is 1. The van der Waals surface area contributed by atoms with Gasteiger partial charge in [-0.05, 0) is 37.1 Å². The first kappa shape index (κ1) is 18.1. The molecule has 3 heterocycles. The van der Waals surface area contributed by atoms with Crippen LogP contribution in [-0.4, -0.2) is 46.0 Å². The molecule has 1 aromatic carbocycles. The topological polar surface area (TPSA) is 68.2 Å². The summed E-state index contributed by atoms with van der Waals surface area (Å²) >= 11 is 0. The summed E-state index contributed by atoms with van der Waals surface area (Å²) in [4.78, 5) is 27.7. The van der Waals surface area contributed by atoms with Gasteiger partial charge in [-0.1, -0.05) is 12.1 Å². The first-order valence-electron chi connectivity index (χ1n) is 9.40. The number of benzene rings is 1. The first-order valence-corrected chi connectivity index (χ1v) is 9.40. The van der Waals surface area contributed by atoms with E-state index in [4.69, 9.17) is 9.72 Å². The number of nitrogens with zero attached hydrogens (tertiary/aromatic N) is 4. The molecule has 0 saturated carbocycles. The number of aromatic nitrogens is 3. The summed E-state index contributed by atoms with van der Waals surface area (Å²) in [5.74, 6) is 1.17. The Morgan fingerprint density at radius 1 is 1.07 bits per heavy atom. The van der Waals surface area contributed by atoms with E-state index < -0.39 is 0 Å². The molecule has 3 aromatic rings. The van der Waals surface area contributed by atoms with Crippen LogP contribution in [0.15, 0.2) is 61.2 Å². The van der Waals surface area contributed by atoms with E-state index >= 15 is 0 Å². The average molecular weight is 374 g/mol. The smallest absolute Gasteiger partial charge is 0.253 e. The molecule has 0 N–H and O–H groups in total. The minimum absolute atomic E-state index is 0.0667. The minimum atomic E-state index is 0.0667. The second-order valence-electron chi connectivity index (χ2n) is 6.86. The maximum absolute atomic E-state index is 12.6. The molecule has 0 bridgehead atoms. The number of ether oxygens (including phenoxy) is 1. The molecule has 1 fully saturated rings. The lowest BCUT2D eigenvalue weighted by molar-refractivity contribution is 0.0712. The van der Waals surface area contributed by atoms with Gasteiger partial charge in [-0.3, -0.25) is 14.8 Å². The molecule has 0 aliphatic carbocycles. The van der Waals surface area contributed by atoms with Crippen LogP contribution in [0.2, 0.25) is 0 Å². The number of carbonyl (C=O) groups is 1. The second kappa shape index (κ2) is 8.17. The van der Waals surface area contributed by atoms with E-state index in [0.29, 0.717) is 11.5 Å². The standard InChI is InChI=1S/C22H22N4O2/c1-28-19-4-2-3-18(13-19)21-15-24-14-20(25-21)16-7-11-26(12-8-16)22(27)17-5-9-23-10-6-17/h2-6,9-10,13-16H,7-8,11-12H2,1H3. The Hall–Kier alpha value is -3.28. The number of likely N-dealkylation sites (tertiary alicyclic amines) is 1. The summed E-state index contributed by atoms with van der Waals surface area (Å²) in [7, 11) is 1.66. The molecule has 0 spiro atoms. The van der Waals surface area contributed by atoms with Crippen LogP contribution in [0.5, 0.6) is 5.75 Å². The van der Waals surface area contributed by atoms with Crippen molar-refractivity contribution in [1.82, 2.24) is 19.9 Å². The number of hydrogen-bond donors (Lipinski definition) is 0. The highest BCUT2D eigenvalue weighted by molar-refractivity contribution is 5.94. The van der Waals surface area contributed by atoms with Crippen molar-refractivity contribution < 1.29 is 9.53 Å². The fourth-order valence-corrected chi connectivity index (χ4v) is 3.55. The maximum atomic E-state index is 12.6. The largest absolute Gasteiger partial charge is 0.497 e. The molecule has 2 aromatic heterocycles. The van der Waals surface area contributed by atoms with Crippen LogP contribution in [0, 0.1) is 0 Å². The molecule has 6 nitrogen and oxygen atoms in total. The van der Waals surface area contributed by atoms with Gasteiger partial charge in [0.1, 0.15) is 5.75 Å². The first-order chi connectivity index (χ1) is 13.7. The molecule has 0 atom stereocenters.